The molecule has 0 N–H and O–H groups in total. The second kappa shape index (κ2) is 6.87. The zero-order valence-corrected chi connectivity index (χ0v) is 14.4. The first-order chi connectivity index (χ1) is 10.7. The zero-order chi connectivity index (χ0) is 17.1. The first-order valence-electron chi connectivity index (χ1n) is 8.01. The number of benzene rings is 1. The fraction of sp³-hybridized carbons (Fsp3) is 0.611. The number of piperidine rings is 1. The molecule has 128 valence electrons. The Kier molecular flexibility index (Phi) is 5.30. The Bertz CT molecular complexity index is 545. The zero-order valence-electron chi connectivity index (χ0n) is 14.4. The van der Waals surface area contributed by atoms with E-state index >= 15 is 0 Å². The summed E-state index contributed by atoms with van der Waals surface area (Å²) in [6, 6.07) is 6.77. The van der Waals surface area contributed by atoms with E-state index in [0.717, 1.165) is 0 Å². The van der Waals surface area contributed by atoms with Gasteiger partial charge < -0.3 is 14.4 Å². The van der Waals surface area contributed by atoms with E-state index < -0.39 is 11.2 Å². The predicted octanol–water partition coefficient (Wildman–Crippen LogP) is 3.78. The number of ether oxygens (including phenoxy) is 2. The van der Waals surface area contributed by atoms with E-state index in [1.165, 1.54) is 6.07 Å². The van der Waals surface area contributed by atoms with Crippen molar-refractivity contribution in [1.29, 1.82) is 0 Å². The highest BCUT2D eigenvalue weighted by Crippen LogP contribution is 2.31. The summed E-state index contributed by atoms with van der Waals surface area (Å²) in [5.74, 6) is -0.210. The fourth-order valence-electron chi connectivity index (χ4n) is 2.87. The van der Waals surface area contributed by atoms with E-state index in [-0.39, 0.29) is 11.9 Å². The number of methoxy groups -OCH3 is 1. The van der Waals surface area contributed by atoms with Crippen LogP contribution in [-0.2, 0) is 15.9 Å². The van der Waals surface area contributed by atoms with E-state index in [1.807, 2.05) is 26.8 Å². The number of amides is 1. The lowest BCUT2D eigenvalue weighted by Gasteiger charge is -2.41. The van der Waals surface area contributed by atoms with Crippen molar-refractivity contribution < 1.29 is 18.7 Å². The minimum atomic E-state index is -0.500. The molecule has 0 aliphatic carbocycles. The lowest BCUT2D eigenvalue weighted by molar-refractivity contribution is -0.0601. The third-order valence-electron chi connectivity index (χ3n) is 4.23. The number of nitrogens with zero attached hydrogens (tertiary/aromatic N) is 1. The van der Waals surface area contributed by atoms with Crippen LogP contribution < -0.4 is 0 Å². The molecular formula is C18H26FNO3. The Labute approximate surface area is 137 Å². The standard InChI is InChI=1S/C18H26FNO3/c1-17(2,3)23-16(21)20-11-9-18(22-4,10-12-20)13-14-7-5-6-8-15(14)19/h5-8H,9-13H2,1-4H3. The Morgan fingerprint density at radius 2 is 1.87 bits per heavy atom. The molecule has 1 amide bonds. The van der Waals surface area contributed by atoms with Crippen LogP contribution in [0.15, 0.2) is 24.3 Å². The monoisotopic (exact) mass is 323 g/mol. The SMILES string of the molecule is COC1(Cc2ccccc2F)CCN(C(=O)OC(C)(C)C)CC1. The van der Waals surface area contributed by atoms with Gasteiger partial charge in [0.25, 0.3) is 0 Å². The van der Waals surface area contributed by atoms with Gasteiger partial charge >= 0.3 is 6.09 Å². The van der Waals surface area contributed by atoms with Crippen LogP contribution in [0.25, 0.3) is 0 Å². The van der Waals surface area contributed by atoms with Crippen LogP contribution in [0.2, 0.25) is 0 Å². The molecule has 4 nitrogen and oxygen atoms in total. The second-order valence-corrected chi connectivity index (χ2v) is 7.12. The molecular weight excluding hydrogens is 297 g/mol. The molecule has 23 heavy (non-hydrogen) atoms. The van der Waals surface area contributed by atoms with Gasteiger partial charge in [0.1, 0.15) is 11.4 Å². The molecule has 1 aromatic carbocycles. The smallest absolute Gasteiger partial charge is 0.410 e. The lowest BCUT2D eigenvalue weighted by Crippen LogP contribution is -2.50. The van der Waals surface area contributed by atoms with Crippen LogP contribution in [0.1, 0.15) is 39.2 Å². The maximum Gasteiger partial charge on any atom is 0.410 e. The minimum absolute atomic E-state index is 0.210. The predicted molar refractivity (Wildman–Crippen MR) is 86.9 cm³/mol. The second-order valence-electron chi connectivity index (χ2n) is 7.12. The maximum absolute atomic E-state index is 13.9. The number of rotatable bonds is 3. The summed E-state index contributed by atoms with van der Waals surface area (Å²) in [6.45, 7) is 6.67. The summed E-state index contributed by atoms with van der Waals surface area (Å²) >= 11 is 0. The molecule has 1 saturated heterocycles. The molecule has 0 saturated carbocycles. The van der Waals surface area contributed by atoms with Gasteiger partial charge in [-0.05, 0) is 45.2 Å². The quantitative estimate of drug-likeness (QED) is 0.849. The van der Waals surface area contributed by atoms with Crippen LogP contribution in [-0.4, -0.2) is 42.4 Å². The largest absolute Gasteiger partial charge is 0.444 e. The van der Waals surface area contributed by atoms with Crippen LogP contribution in [0, 0.1) is 5.82 Å². The Morgan fingerprint density at radius 1 is 1.26 bits per heavy atom. The van der Waals surface area contributed by atoms with Crippen molar-refractivity contribution in [2.24, 2.45) is 0 Å². The van der Waals surface area contributed by atoms with Crippen molar-refractivity contribution in [3.05, 3.63) is 35.6 Å². The molecule has 1 heterocycles. The molecule has 0 bridgehead atoms. The first-order valence-corrected chi connectivity index (χ1v) is 8.01. The van der Waals surface area contributed by atoms with Crippen molar-refractivity contribution in [3.8, 4) is 0 Å². The Balaban J connectivity index is 2.00. The molecule has 0 aromatic heterocycles. The van der Waals surface area contributed by atoms with Crippen molar-refractivity contribution in [2.75, 3.05) is 20.2 Å². The van der Waals surface area contributed by atoms with E-state index in [4.69, 9.17) is 9.47 Å². The van der Waals surface area contributed by atoms with Gasteiger partial charge in [-0.3, -0.25) is 0 Å². The molecule has 1 aromatic rings. The summed E-state index contributed by atoms with van der Waals surface area (Å²) in [4.78, 5) is 13.8. The van der Waals surface area contributed by atoms with Crippen LogP contribution in [0.3, 0.4) is 0 Å². The third kappa shape index (κ3) is 4.67. The van der Waals surface area contributed by atoms with Crippen molar-refractivity contribution >= 4 is 6.09 Å². The van der Waals surface area contributed by atoms with Crippen molar-refractivity contribution in [3.63, 3.8) is 0 Å². The number of likely N-dealkylation sites (tertiary alicyclic amines) is 1. The maximum atomic E-state index is 13.9. The highest BCUT2D eigenvalue weighted by atomic mass is 19.1. The molecule has 1 fully saturated rings. The van der Waals surface area contributed by atoms with E-state index in [0.29, 0.717) is 37.9 Å². The van der Waals surface area contributed by atoms with Gasteiger partial charge in [-0.15, -0.1) is 0 Å². The van der Waals surface area contributed by atoms with Crippen molar-refractivity contribution in [1.82, 2.24) is 4.90 Å². The third-order valence-corrected chi connectivity index (χ3v) is 4.23. The summed E-state index contributed by atoms with van der Waals surface area (Å²) < 4.78 is 25.0. The van der Waals surface area contributed by atoms with Gasteiger partial charge in [-0.25, -0.2) is 9.18 Å². The van der Waals surface area contributed by atoms with Gasteiger partial charge in [0.05, 0.1) is 5.60 Å². The van der Waals surface area contributed by atoms with Gasteiger partial charge in [-0.2, -0.15) is 0 Å². The molecule has 0 atom stereocenters. The topological polar surface area (TPSA) is 38.8 Å². The summed E-state index contributed by atoms with van der Waals surface area (Å²) in [7, 11) is 1.66. The number of carbonyl (C=O) groups is 1. The van der Waals surface area contributed by atoms with E-state index in [9.17, 15) is 9.18 Å². The summed E-state index contributed by atoms with van der Waals surface area (Å²) in [6.07, 6.45) is 1.54. The van der Waals surface area contributed by atoms with Gasteiger partial charge in [0.15, 0.2) is 0 Å². The molecule has 0 radical (unpaired) electrons. The number of hydrogen-bond acceptors (Lipinski definition) is 3. The molecule has 5 heteroatoms. The van der Waals surface area contributed by atoms with Gasteiger partial charge in [-0.1, -0.05) is 18.2 Å². The average Bonchev–Trinajstić information content (AvgIpc) is 2.48. The normalized spacial score (nSPS) is 17.9. The summed E-state index contributed by atoms with van der Waals surface area (Å²) in [5, 5.41) is 0. The highest BCUT2D eigenvalue weighted by Gasteiger charge is 2.37. The number of carbonyl (C=O) groups excluding carboxylic acids is 1. The van der Waals surface area contributed by atoms with Gasteiger partial charge in [0, 0.05) is 26.6 Å². The number of halogens is 1. The first kappa shape index (κ1) is 17.7. The van der Waals surface area contributed by atoms with Crippen LogP contribution >= 0.6 is 0 Å². The molecule has 0 spiro atoms. The molecule has 2 rings (SSSR count). The summed E-state index contributed by atoms with van der Waals surface area (Å²) in [5.41, 5.74) is -0.277. The Morgan fingerprint density at radius 3 is 2.39 bits per heavy atom. The number of hydrogen-bond donors (Lipinski definition) is 0. The average molecular weight is 323 g/mol. The molecule has 1 aliphatic rings. The molecule has 0 unspecified atom stereocenters. The molecule has 1 aliphatic heterocycles. The fourth-order valence-corrected chi connectivity index (χ4v) is 2.87. The van der Waals surface area contributed by atoms with Crippen LogP contribution in [0.5, 0.6) is 0 Å². The minimum Gasteiger partial charge on any atom is -0.444 e. The highest BCUT2D eigenvalue weighted by molar-refractivity contribution is 5.68. The van der Waals surface area contributed by atoms with Crippen molar-refractivity contribution in [2.45, 2.75) is 51.2 Å². The van der Waals surface area contributed by atoms with Gasteiger partial charge in [0.2, 0.25) is 0 Å². The lowest BCUT2D eigenvalue weighted by atomic mass is 9.85. The van der Waals surface area contributed by atoms with E-state index in [1.54, 1.807) is 24.1 Å². The van der Waals surface area contributed by atoms with Crippen LogP contribution in [0.4, 0.5) is 9.18 Å². The van der Waals surface area contributed by atoms with E-state index in [2.05, 4.69) is 0 Å². The Hall–Kier alpha value is -1.62.